The van der Waals surface area contributed by atoms with Gasteiger partial charge in [0.05, 0.1) is 6.61 Å². The molecule has 1 aliphatic heterocycles. The Morgan fingerprint density at radius 2 is 2.09 bits per heavy atom. The van der Waals surface area contributed by atoms with Crippen molar-refractivity contribution in [2.45, 2.75) is 50.1 Å². The summed E-state index contributed by atoms with van der Waals surface area (Å²) >= 11 is 0. The van der Waals surface area contributed by atoms with E-state index in [1.54, 1.807) is 12.2 Å². The minimum absolute atomic E-state index is 0.196. The molecular formula is C17H22O5. The largest absolute Gasteiger partial charge is 0.480 e. The van der Waals surface area contributed by atoms with Crippen molar-refractivity contribution in [3.63, 3.8) is 0 Å². The zero-order valence-corrected chi connectivity index (χ0v) is 12.6. The molecule has 5 nitrogen and oxygen atoms in total. The van der Waals surface area contributed by atoms with Crippen molar-refractivity contribution in [3.05, 3.63) is 24.3 Å². The van der Waals surface area contributed by atoms with Crippen LogP contribution in [0.2, 0.25) is 0 Å². The van der Waals surface area contributed by atoms with Crippen LogP contribution in [-0.4, -0.2) is 42.3 Å². The average molecular weight is 306 g/mol. The van der Waals surface area contributed by atoms with E-state index in [9.17, 15) is 4.79 Å². The van der Waals surface area contributed by atoms with E-state index in [1.165, 1.54) is 6.42 Å². The molecule has 1 aliphatic carbocycles. The zero-order valence-electron chi connectivity index (χ0n) is 12.6. The van der Waals surface area contributed by atoms with Crippen molar-refractivity contribution in [2.24, 2.45) is 0 Å². The molecule has 120 valence electrons. The van der Waals surface area contributed by atoms with Crippen molar-refractivity contribution in [1.29, 1.82) is 0 Å². The molecule has 5 heteroatoms. The summed E-state index contributed by atoms with van der Waals surface area (Å²) in [5, 5.41) is 8.66. The van der Waals surface area contributed by atoms with Crippen LogP contribution in [0, 0.1) is 12.3 Å². The molecule has 0 radical (unpaired) electrons. The number of hydrogen-bond acceptors (Lipinski definition) is 4. The summed E-state index contributed by atoms with van der Waals surface area (Å²) in [6.07, 6.45) is 16.7. The van der Waals surface area contributed by atoms with Gasteiger partial charge < -0.3 is 19.3 Å². The maximum absolute atomic E-state index is 10.6. The van der Waals surface area contributed by atoms with Gasteiger partial charge in [-0.3, -0.25) is 0 Å². The summed E-state index contributed by atoms with van der Waals surface area (Å²) in [5.74, 6) is 0.882. The molecule has 1 N–H and O–H groups in total. The second-order valence-corrected chi connectivity index (χ2v) is 5.53. The first kappa shape index (κ1) is 16.8. The van der Waals surface area contributed by atoms with Crippen LogP contribution in [-0.2, 0) is 19.0 Å². The first-order valence-electron chi connectivity index (χ1n) is 7.60. The second-order valence-electron chi connectivity index (χ2n) is 5.53. The lowest BCUT2D eigenvalue weighted by molar-refractivity contribution is -0.195. The Bertz CT molecular complexity index is 468. The van der Waals surface area contributed by atoms with E-state index in [4.69, 9.17) is 25.7 Å². The van der Waals surface area contributed by atoms with Crippen molar-refractivity contribution >= 4 is 5.97 Å². The highest BCUT2D eigenvalue weighted by Crippen LogP contribution is 2.40. The molecule has 2 fully saturated rings. The van der Waals surface area contributed by atoms with Gasteiger partial charge in [0.1, 0.15) is 18.8 Å². The fraction of sp³-hybridized carbons (Fsp3) is 0.588. The molecule has 0 bridgehead atoms. The van der Waals surface area contributed by atoms with Crippen LogP contribution in [0.5, 0.6) is 0 Å². The van der Waals surface area contributed by atoms with E-state index in [2.05, 4.69) is 5.92 Å². The van der Waals surface area contributed by atoms with Gasteiger partial charge in [0.2, 0.25) is 0 Å². The summed E-state index contributed by atoms with van der Waals surface area (Å²) in [4.78, 5) is 10.6. The third-order valence-corrected chi connectivity index (χ3v) is 3.81. The van der Waals surface area contributed by atoms with Crippen molar-refractivity contribution in [3.8, 4) is 12.3 Å². The SMILES string of the molecule is C#CC=CC=C[C@H]1OC2(CCCCC2)O[C@H]1COCC(=O)O. The topological polar surface area (TPSA) is 65.0 Å². The number of ether oxygens (including phenoxy) is 3. The number of allylic oxidation sites excluding steroid dienone is 3. The van der Waals surface area contributed by atoms with Crippen LogP contribution >= 0.6 is 0 Å². The van der Waals surface area contributed by atoms with Gasteiger partial charge in [0, 0.05) is 12.8 Å². The molecule has 1 heterocycles. The molecule has 22 heavy (non-hydrogen) atoms. The van der Waals surface area contributed by atoms with Gasteiger partial charge in [0.25, 0.3) is 0 Å². The van der Waals surface area contributed by atoms with Gasteiger partial charge in [-0.2, -0.15) is 0 Å². The first-order valence-corrected chi connectivity index (χ1v) is 7.60. The highest BCUT2D eigenvalue weighted by molar-refractivity contribution is 5.67. The lowest BCUT2D eigenvalue weighted by Gasteiger charge is -2.31. The fourth-order valence-electron chi connectivity index (χ4n) is 2.86. The predicted molar refractivity (Wildman–Crippen MR) is 81.1 cm³/mol. The molecule has 2 aliphatic rings. The predicted octanol–water partition coefficient (Wildman–Crippen LogP) is 2.28. The molecule has 1 saturated heterocycles. The Kier molecular flexibility index (Phi) is 6.20. The zero-order chi connectivity index (χ0) is 15.8. The van der Waals surface area contributed by atoms with E-state index < -0.39 is 11.8 Å². The Balaban J connectivity index is 1.98. The fourth-order valence-corrected chi connectivity index (χ4v) is 2.86. The molecule has 0 aromatic heterocycles. The Hall–Kier alpha value is -1.61. The quantitative estimate of drug-likeness (QED) is 0.602. The molecule has 0 amide bonds. The van der Waals surface area contributed by atoms with Crippen LogP contribution in [0.4, 0.5) is 0 Å². The molecule has 0 aromatic rings. The van der Waals surface area contributed by atoms with Crippen LogP contribution in [0.3, 0.4) is 0 Å². The van der Waals surface area contributed by atoms with Gasteiger partial charge in [-0.15, -0.1) is 6.42 Å². The summed E-state index contributed by atoms with van der Waals surface area (Å²) in [5.41, 5.74) is 0. The molecular weight excluding hydrogens is 284 g/mol. The van der Waals surface area contributed by atoms with E-state index in [1.807, 2.05) is 12.2 Å². The Morgan fingerprint density at radius 3 is 2.77 bits per heavy atom. The lowest BCUT2D eigenvalue weighted by atomic mass is 9.94. The summed E-state index contributed by atoms with van der Waals surface area (Å²) in [7, 11) is 0. The summed E-state index contributed by atoms with van der Waals surface area (Å²) in [6, 6.07) is 0. The van der Waals surface area contributed by atoms with Gasteiger partial charge in [-0.05, 0) is 18.9 Å². The molecule has 2 rings (SSSR count). The van der Waals surface area contributed by atoms with Crippen LogP contribution in [0.25, 0.3) is 0 Å². The van der Waals surface area contributed by atoms with Crippen molar-refractivity contribution in [2.75, 3.05) is 13.2 Å². The summed E-state index contributed by atoms with van der Waals surface area (Å²) < 4.78 is 17.4. The molecule has 0 aromatic carbocycles. The number of carbonyl (C=O) groups is 1. The minimum Gasteiger partial charge on any atom is -0.480 e. The Labute approximate surface area is 130 Å². The molecule has 1 saturated carbocycles. The minimum atomic E-state index is -0.990. The third kappa shape index (κ3) is 4.70. The molecule has 1 spiro atoms. The second kappa shape index (κ2) is 8.14. The first-order chi connectivity index (χ1) is 10.7. The normalized spacial score (nSPS) is 27.6. The van der Waals surface area contributed by atoms with Gasteiger partial charge in [-0.25, -0.2) is 4.79 Å². The third-order valence-electron chi connectivity index (χ3n) is 3.81. The van der Waals surface area contributed by atoms with Crippen LogP contribution in [0.1, 0.15) is 32.1 Å². The standard InChI is InChI=1S/C17H22O5/c1-2-3-4-6-9-14-15(12-20-13-16(18)19)22-17(21-14)10-7-5-8-11-17/h1,3-4,6,9,14-15H,5,7-8,10-13H2,(H,18,19)/t14-,15+/m1/s1. The van der Waals surface area contributed by atoms with E-state index >= 15 is 0 Å². The highest BCUT2D eigenvalue weighted by Gasteiger charge is 2.47. The van der Waals surface area contributed by atoms with Gasteiger partial charge in [-0.1, -0.05) is 30.6 Å². The van der Waals surface area contributed by atoms with E-state index in [-0.39, 0.29) is 25.4 Å². The number of terminal acetylenes is 1. The van der Waals surface area contributed by atoms with Gasteiger partial charge in [0.15, 0.2) is 5.79 Å². The van der Waals surface area contributed by atoms with Crippen molar-refractivity contribution in [1.82, 2.24) is 0 Å². The number of hydrogen-bond donors (Lipinski definition) is 1. The van der Waals surface area contributed by atoms with Crippen LogP contribution in [0.15, 0.2) is 24.3 Å². The molecule has 2 atom stereocenters. The Morgan fingerprint density at radius 1 is 1.32 bits per heavy atom. The monoisotopic (exact) mass is 306 g/mol. The van der Waals surface area contributed by atoms with Gasteiger partial charge >= 0.3 is 5.97 Å². The number of rotatable bonds is 6. The molecule has 0 unspecified atom stereocenters. The smallest absolute Gasteiger partial charge is 0.329 e. The highest BCUT2D eigenvalue weighted by atomic mass is 16.8. The van der Waals surface area contributed by atoms with E-state index in [0.29, 0.717) is 0 Å². The van der Waals surface area contributed by atoms with Crippen LogP contribution < -0.4 is 0 Å². The maximum atomic E-state index is 10.6. The number of aliphatic carboxylic acids is 1. The number of carboxylic acids is 1. The average Bonchev–Trinajstić information content (AvgIpc) is 2.81. The van der Waals surface area contributed by atoms with Crippen molar-refractivity contribution < 1.29 is 24.1 Å². The summed E-state index contributed by atoms with van der Waals surface area (Å²) in [6.45, 7) is -0.137. The lowest BCUT2D eigenvalue weighted by Crippen LogP contribution is -2.34. The maximum Gasteiger partial charge on any atom is 0.329 e. The van der Waals surface area contributed by atoms with E-state index in [0.717, 1.165) is 25.7 Å². The number of carboxylic acid groups (broad SMARTS) is 1.